The molecule has 3 unspecified atom stereocenters. The molecule has 1 aliphatic rings. The van der Waals surface area contributed by atoms with Crippen LogP contribution in [-0.2, 0) is 10.2 Å². The molecule has 0 bridgehead atoms. The first-order valence-corrected chi connectivity index (χ1v) is 8.69. The molecule has 0 heterocycles. The van der Waals surface area contributed by atoms with Crippen LogP contribution in [0.5, 0.6) is 0 Å². The van der Waals surface area contributed by atoms with E-state index in [0.29, 0.717) is 18.4 Å². The van der Waals surface area contributed by atoms with E-state index in [0.717, 1.165) is 32.2 Å². The second-order valence-corrected chi connectivity index (χ2v) is 7.68. The van der Waals surface area contributed by atoms with Gasteiger partial charge >= 0.3 is 0 Å². The standard InChI is InChI=1S/C13H29N3O2S/c1-11-6-7-13(10-12(11)2)15-19(17,18)16(4)9-5-8-14-3/h11-15H,5-10H2,1-4H3. The zero-order valence-corrected chi connectivity index (χ0v) is 13.5. The van der Waals surface area contributed by atoms with Crippen LogP contribution in [0.1, 0.15) is 39.5 Å². The van der Waals surface area contributed by atoms with E-state index in [4.69, 9.17) is 0 Å². The Morgan fingerprint density at radius 2 is 1.89 bits per heavy atom. The van der Waals surface area contributed by atoms with Crippen molar-refractivity contribution >= 4 is 10.2 Å². The smallest absolute Gasteiger partial charge is 0.279 e. The lowest BCUT2D eigenvalue weighted by Gasteiger charge is -2.33. The van der Waals surface area contributed by atoms with Gasteiger partial charge in [-0.1, -0.05) is 13.8 Å². The molecule has 0 saturated heterocycles. The summed E-state index contributed by atoms with van der Waals surface area (Å²) in [5.41, 5.74) is 0. The maximum absolute atomic E-state index is 12.2. The Balaban J connectivity index is 2.45. The first-order chi connectivity index (χ1) is 8.86. The molecule has 0 aliphatic heterocycles. The zero-order chi connectivity index (χ0) is 14.5. The highest BCUT2D eigenvalue weighted by atomic mass is 32.2. The van der Waals surface area contributed by atoms with E-state index in [1.165, 1.54) is 4.31 Å². The van der Waals surface area contributed by atoms with Crippen molar-refractivity contribution < 1.29 is 8.42 Å². The van der Waals surface area contributed by atoms with Crippen LogP contribution in [0, 0.1) is 11.8 Å². The summed E-state index contributed by atoms with van der Waals surface area (Å²) in [4.78, 5) is 0. The quantitative estimate of drug-likeness (QED) is 0.693. The lowest BCUT2D eigenvalue weighted by atomic mass is 9.79. The second-order valence-electron chi connectivity index (χ2n) is 5.87. The van der Waals surface area contributed by atoms with Gasteiger partial charge in [0.15, 0.2) is 0 Å². The fraction of sp³-hybridized carbons (Fsp3) is 1.00. The molecule has 1 saturated carbocycles. The minimum atomic E-state index is -3.33. The Morgan fingerprint density at radius 1 is 1.21 bits per heavy atom. The van der Waals surface area contributed by atoms with E-state index < -0.39 is 10.2 Å². The highest BCUT2D eigenvalue weighted by molar-refractivity contribution is 7.87. The summed E-state index contributed by atoms with van der Waals surface area (Å²) in [5.74, 6) is 1.30. The first-order valence-electron chi connectivity index (χ1n) is 7.25. The maximum atomic E-state index is 12.2. The normalized spacial score (nSPS) is 28.8. The Morgan fingerprint density at radius 3 is 2.47 bits per heavy atom. The van der Waals surface area contributed by atoms with Crippen molar-refractivity contribution in [2.75, 3.05) is 27.2 Å². The average molecular weight is 291 g/mol. The van der Waals surface area contributed by atoms with Crippen molar-refractivity contribution in [3.05, 3.63) is 0 Å². The molecule has 6 heteroatoms. The van der Waals surface area contributed by atoms with Crippen LogP contribution in [-0.4, -0.2) is 45.9 Å². The predicted molar refractivity (Wildman–Crippen MR) is 79.2 cm³/mol. The molecular formula is C13H29N3O2S. The first kappa shape index (κ1) is 16.9. The SMILES string of the molecule is CNCCCN(C)S(=O)(=O)NC1CCC(C)C(C)C1. The molecule has 0 aromatic carbocycles. The minimum absolute atomic E-state index is 0.1000. The van der Waals surface area contributed by atoms with Gasteiger partial charge in [-0.3, -0.25) is 0 Å². The second kappa shape index (κ2) is 7.57. The summed E-state index contributed by atoms with van der Waals surface area (Å²) in [6.45, 7) is 5.84. The predicted octanol–water partition coefficient (Wildman–Crippen LogP) is 1.19. The van der Waals surface area contributed by atoms with E-state index in [2.05, 4.69) is 23.9 Å². The van der Waals surface area contributed by atoms with Crippen LogP contribution >= 0.6 is 0 Å². The van der Waals surface area contributed by atoms with Crippen LogP contribution in [0.2, 0.25) is 0 Å². The number of hydrogen-bond acceptors (Lipinski definition) is 3. The van der Waals surface area contributed by atoms with E-state index in [-0.39, 0.29) is 6.04 Å². The Hall–Kier alpha value is -0.170. The molecule has 5 nitrogen and oxygen atoms in total. The van der Waals surface area contributed by atoms with E-state index >= 15 is 0 Å². The third-order valence-corrected chi connectivity index (χ3v) is 5.86. The van der Waals surface area contributed by atoms with Crippen LogP contribution in [0.25, 0.3) is 0 Å². The third kappa shape index (κ3) is 5.38. The van der Waals surface area contributed by atoms with Crippen molar-refractivity contribution in [2.24, 2.45) is 11.8 Å². The summed E-state index contributed by atoms with van der Waals surface area (Å²) >= 11 is 0. The molecule has 2 N–H and O–H groups in total. The molecule has 19 heavy (non-hydrogen) atoms. The Kier molecular flexibility index (Phi) is 6.73. The highest BCUT2D eigenvalue weighted by Gasteiger charge is 2.28. The fourth-order valence-corrected chi connectivity index (χ4v) is 3.74. The van der Waals surface area contributed by atoms with Crippen molar-refractivity contribution in [3.8, 4) is 0 Å². The van der Waals surface area contributed by atoms with Crippen LogP contribution in [0.3, 0.4) is 0 Å². The molecule has 114 valence electrons. The van der Waals surface area contributed by atoms with Gasteiger partial charge in [-0.15, -0.1) is 0 Å². The van der Waals surface area contributed by atoms with Gasteiger partial charge < -0.3 is 5.32 Å². The van der Waals surface area contributed by atoms with Crippen molar-refractivity contribution in [2.45, 2.75) is 45.6 Å². The van der Waals surface area contributed by atoms with Gasteiger partial charge in [-0.25, -0.2) is 0 Å². The van der Waals surface area contributed by atoms with Gasteiger partial charge in [-0.05, 0) is 51.1 Å². The number of nitrogens with one attached hydrogen (secondary N) is 2. The molecule has 3 atom stereocenters. The summed E-state index contributed by atoms with van der Waals surface area (Å²) < 4.78 is 28.6. The maximum Gasteiger partial charge on any atom is 0.279 e. The number of hydrogen-bond donors (Lipinski definition) is 2. The van der Waals surface area contributed by atoms with Gasteiger partial charge in [0.1, 0.15) is 0 Å². The molecule has 0 spiro atoms. The van der Waals surface area contributed by atoms with E-state index in [9.17, 15) is 8.42 Å². The van der Waals surface area contributed by atoms with Crippen LogP contribution < -0.4 is 10.0 Å². The highest BCUT2D eigenvalue weighted by Crippen LogP contribution is 2.29. The number of nitrogens with zero attached hydrogens (tertiary/aromatic N) is 1. The lowest BCUT2D eigenvalue weighted by molar-refractivity contribution is 0.239. The molecule has 0 amide bonds. The van der Waals surface area contributed by atoms with Gasteiger partial charge in [0, 0.05) is 19.6 Å². The largest absolute Gasteiger partial charge is 0.320 e. The summed E-state index contributed by atoms with van der Waals surface area (Å²) in [6, 6.07) is 0.1000. The van der Waals surface area contributed by atoms with Crippen molar-refractivity contribution in [1.29, 1.82) is 0 Å². The van der Waals surface area contributed by atoms with Gasteiger partial charge in [-0.2, -0.15) is 17.4 Å². The van der Waals surface area contributed by atoms with Gasteiger partial charge in [0.2, 0.25) is 0 Å². The van der Waals surface area contributed by atoms with Gasteiger partial charge in [0.05, 0.1) is 0 Å². The van der Waals surface area contributed by atoms with Crippen molar-refractivity contribution in [1.82, 2.24) is 14.3 Å². The monoisotopic (exact) mass is 291 g/mol. The molecule has 0 aromatic rings. The summed E-state index contributed by atoms with van der Waals surface area (Å²) in [5, 5.41) is 3.02. The molecule has 0 radical (unpaired) electrons. The Bertz CT molecular complexity index is 359. The van der Waals surface area contributed by atoms with Crippen molar-refractivity contribution in [3.63, 3.8) is 0 Å². The molecule has 1 rings (SSSR count). The van der Waals surface area contributed by atoms with Gasteiger partial charge in [0.25, 0.3) is 10.2 Å². The third-order valence-electron chi connectivity index (χ3n) is 4.22. The molecule has 0 aromatic heterocycles. The lowest BCUT2D eigenvalue weighted by Crippen LogP contribution is -2.46. The molecule has 1 fully saturated rings. The van der Waals surface area contributed by atoms with Crippen LogP contribution in [0.15, 0.2) is 0 Å². The molecule has 1 aliphatic carbocycles. The zero-order valence-electron chi connectivity index (χ0n) is 12.6. The number of rotatable bonds is 7. The fourth-order valence-electron chi connectivity index (χ4n) is 2.55. The average Bonchev–Trinajstić information content (AvgIpc) is 2.33. The Labute approximate surface area is 118 Å². The summed E-state index contributed by atoms with van der Waals surface area (Å²) in [6.07, 6.45) is 3.84. The topological polar surface area (TPSA) is 61.4 Å². The van der Waals surface area contributed by atoms with Crippen LogP contribution in [0.4, 0.5) is 0 Å². The van der Waals surface area contributed by atoms with E-state index in [1.807, 2.05) is 7.05 Å². The molecular weight excluding hydrogens is 262 g/mol. The summed E-state index contributed by atoms with van der Waals surface area (Å²) in [7, 11) is 0.192. The minimum Gasteiger partial charge on any atom is -0.320 e. The van der Waals surface area contributed by atoms with E-state index in [1.54, 1.807) is 7.05 Å².